The molecule has 21 heavy (non-hydrogen) atoms. The fourth-order valence-corrected chi connectivity index (χ4v) is 2.88. The molecule has 1 amide bonds. The number of aromatic nitrogens is 3. The van der Waals surface area contributed by atoms with Crippen molar-refractivity contribution >= 4 is 16.9 Å². The number of carbonyl (C=O) groups excluding carboxylic acids is 1. The van der Waals surface area contributed by atoms with E-state index in [9.17, 15) is 9.90 Å². The molecule has 1 aromatic heterocycles. The first-order valence-corrected chi connectivity index (χ1v) is 7.51. The number of nitrogens with zero attached hydrogens (tertiary/aromatic N) is 3. The molecule has 1 aliphatic carbocycles. The Hall–Kier alpha value is -1.95. The number of carbonyl (C=O) groups is 1. The van der Waals surface area contributed by atoms with Crippen LogP contribution in [0, 0.1) is 0 Å². The van der Waals surface area contributed by atoms with Crippen LogP contribution in [0.25, 0.3) is 11.0 Å². The van der Waals surface area contributed by atoms with Gasteiger partial charge in [0.25, 0.3) is 5.91 Å². The van der Waals surface area contributed by atoms with E-state index >= 15 is 0 Å². The molecule has 0 saturated heterocycles. The number of benzene rings is 1. The molecule has 2 N–H and O–H groups in total. The summed E-state index contributed by atoms with van der Waals surface area (Å²) in [4.78, 5) is 12.3. The molecule has 112 valence electrons. The third kappa shape index (κ3) is 2.76. The third-order valence-corrected chi connectivity index (χ3v) is 4.12. The van der Waals surface area contributed by atoms with E-state index in [0.717, 1.165) is 37.7 Å². The van der Waals surface area contributed by atoms with E-state index in [1.54, 1.807) is 16.8 Å². The number of aliphatic hydroxyl groups excluding tert-OH is 1. The minimum atomic E-state index is -0.438. The summed E-state index contributed by atoms with van der Waals surface area (Å²) < 4.78 is 1.79. The van der Waals surface area contributed by atoms with E-state index in [2.05, 4.69) is 15.6 Å². The summed E-state index contributed by atoms with van der Waals surface area (Å²) in [6.07, 6.45) is 3.23. The van der Waals surface area contributed by atoms with E-state index in [-0.39, 0.29) is 11.9 Å². The van der Waals surface area contributed by atoms with Crippen LogP contribution in [0.2, 0.25) is 0 Å². The van der Waals surface area contributed by atoms with Gasteiger partial charge in [0.05, 0.1) is 17.7 Å². The van der Waals surface area contributed by atoms with Gasteiger partial charge in [-0.05, 0) is 38.0 Å². The molecular weight excluding hydrogens is 268 g/mol. The van der Waals surface area contributed by atoms with Gasteiger partial charge < -0.3 is 10.4 Å². The van der Waals surface area contributed by atoms with Crippen molar-refractivity contribution in [2.75, 3.05) is 0 Å². The summed E-state index contributed by atoms with van der Waals surface area (Å²) >= 11 is 0. The zero-order valence-electron chi connectivity index (χ0n) is 12.1. The van der Waals surface area contributed by atoms with Crippen LogP contribution in [0.1, 0.15) is 43.0 Å². The largest absolute Gasteiger partial charge is 0.391 e. The first-order valence-electron chi connectivity index (χ1n) is 7.51. The Morgan fingerprint density at radius 1 is 1.43 bits per heavy atom. The Morgan fingerprint density at radius 3 is 3.00 bits per heavy atom. The van der Waals surface area contributed by atoms with Crippen molar-refractivity contribution in [2.45, 2.75) is 51.3 Å². The number of nitrogens with one attached hydrogen (secondary N) is 1. The molecule has 2 atom stereocenters. The second-order valence-electron chi connectivity index (χ2n) is 5.54. The monoisotopic (exact) mass is 288 g/mol. The molecule has 0 spiro atoms. The lowest BCUT2D eigenvalue weighted by Gasteiger charge is -2.28. The third-order valence-electron chi connectivity index (χ3n) is 4.12. The minimum absolute atomic E-state index is 0.145. The molecule has 0 aliphatic heterocycles. The van der Waals surface area contributed by atoms with E-state index in [1.807, 2.05) is 13.0 Å². The number of amides is 1. The molecule has 1 heterocycles. The van der Waals surface area contributed by atoms with Gasteiger partial charge in [0, 0.05) is 12.1 Å². The molecule has 3 rings (SSSR count). The minimum Gasteiger partial charge on any atom is -0.391 e. The number of aliphatic hydroxyl groups is 1. The second kappa shape index (κ2) is 5.81. The van der Waals surface area contributed by atoms with Crippen molar-refractivity contribution in [2.24, 2.45) is 0 Å². The standard InChI is InChI=1S/C15H20N4O2/c1-2-19-13-8-7-10(9-12(13)17-18-19)15(21)16-11-5-3-4-6-14(11)20/h7-9,11,14,20H,2-6H2,1H3,(H,16,21)/t11-,14-/m1/s1. The van der Waals surface area contributed by atoms with E-state index in [0.29, 0.717) is 11.1 Å². The highest BCUT2D eigenvalue weighted by molar-refractivity contribution is 5.97. The molecular formula is C15H20N4O2. The molecule has 1 aromatic carbocycles. The van der Waals surface area contributed by atoms with Crippen molar-refractivity contribution in [3.05, 3.63) is 23.8 Å². The zero-order chi connectivity index (χ0) is 14.8. The maximum absolute atomic E-state index is 12.3. The average Bonchev–Trinajstić information content (AvgIpc) is 2.91. The first-order chi connectivity index (χ1) is 10.2. The van der Waals surface area contributed by atoms with Crippen molar-refractivity contribution in [1.82, 2.24) is 20.3 Å². The highest BCUT2D eigenvalue weighted by atomic mass is 16.3. The molecule has 6 nitrogen and oxygen atoms in total. The maximum atomic E-state index is 12.3. The van der Waals surface area contributed by atoms with Gasteiger partial charge in [-0.3, -0.25) is 4.79 Å². The summed E-state index contributed by atoms with van der Waals surface area (Å²) in [7, 11) is 0. The highest BCUT2D eigenvalue weighted by Crippen LogP contribution is 2.19. The predicted molar refractivity (Wildman–Crippen MR) is 78.9 cm³/mol. The average molecular weight is 288 g/mol. The number of aryl methyl sites for hydroxylation is 1. The number of hydrogen-bond acceptors (Lipinski definition) is 4. The Labute approximate surface area is 123 Å². The van der Waals surface area contributed by atoms with Crippen LogP contribution in [0.5, 0.6) is 0 Å². The molecule has 1 saturated carbocycles. The van der Waals surface area contributed by atoms with E-state index < -0.39 is 6.10 Å². The van der Waals surface area contributed by atoms with Crippen LogP contribution in [-0.2, 0) is 6.54 Å². The normalized spacial score (nSPS) is 22.4. The molecule has 0 unspecified atom stereocenters. The SMILES string of the molecule is CCn1nnc2cc(C(=O)N[C@@H]3CCCC[C@H]3O)ccc21. The Bertz CT molecular complexity index is 652. The van der Waals surface area contributed by atoms with Gasteiger partial charge in [-0.15, -0.1) is 5.10 Å². The molecule has 2 aromatic rings. The molecule has 6 heteroatoms. The maximum Gasteiger partial charge on any atom is 0.251 e. The van der Waals surface area contributed by atoms with E-state index in [4.69, 9.17) is 0 Å². The van der Waals surface area contributed by atoms with Crippen LogP contribution in [-0.4, -0.2) is 38.2 Å². The Morgan fingerprint density at radius 2 is 2.24 bits per heavy atom. The van der Waals surface area contributed by atoms with Gasteiger partial charge in [0.1, 0.15) is 5.52 Å². The lowest BCUT2D eigenvalue weighted by atomic mass is 9.92. The van der Waals surface area contributed by atoms with E-state index in [1.165, 1.54) is 0 Å². The molecule has 0 radical (unpaired) electrons. The van der Waals surface area contributed by atoms with Gasteiger partial charge in [0.2, 0.25) is 0 Å². The number of rotatable bonds is 3. The van der Waals surface area contributed by atoms with Gasteiger partial charge in [-0.1, -0.05) is 18.1 Å². The van der Waals surface area contributed by atoms with Gasteiger partial charge in [-0.2, -0.15) is 0 Å². The van der Waals surface area contributed by atoms with Crippen molar-refractivity contribution in [3.63, 3.8) is 0 Å². The zero-order valence-corrected chi connectivity index (χ0v) is 12.1. The van der Waals surface area contributed by atoms with Crippen molar-refractivity contribution in [3.8, 4) is 0 Å². The van der Waals surface area contributed by atoms with Crippen LogP contribution in [0.15, 0.2) is 18.2 Å². The van der Waals surface area contributed by atoms with Gasteiger partial charge in [-0.25, -0.2) is 4.68 Å². The molecule has 0 bridgehead atoms. The fourth-order valence-electron chi connectivity index (χ4n) is 2.88. The van der Waals surface area contributed by atoms with Gasteiger partial charge >= 0.3 is 0 Å². The molecule has 1 fully saturated rings. The number of hydrogen-bond donors (Lipinski definition) is 2. The van der Waals surface area contributed by atoms with Crippen LogP contribution in [0.4, 0.5) is 0 Å². The lowest BCUT2D eigenvalue weighted by Crippen LogP contribution is -2.45. The summed E-state index contributed by atoms with van der Waals surface area (Å²) in [5, 5.41) is 21.0. The topological polar surface area (TPSA) is 80.0 Å². The van der Waals surface area contributed by atoms with Gasteiger partial charge in [0.15, 0.2) is 0 Å². The Balaban J connectivity index is 1.78. The highest BCUT2D eigenvalue weighted by Gasteiger charge is 2.25. The van der Waals surface area contributed by atoms with Crippen molar-refractivity contribution in [1.29, 1.82) is 0 Å². The van der Waals surface area contributed by atoms with Crippen LogP contribution in [0.3, 0.4) is 0 Å². The second-order valence-corrected chi connectivity index (χ2v) is 5.54. The quantitative estimate of drug-likeness (QED) is 0.896. The summed E-state index contributed by atoms with van der Waals surface area (Å²) in [6.45, 7) is 2.75. The first kappa shape index (κ1) is 14.0. The smallest absolute Gasteiger partial charge is 0.251 e. The summed E-state index contributed by atoms with van der Waals surface area (Å²) in [5.41, 5.74) is 2.20. The van der Waals surface area contributed by atoms with Crippen molar-refractivity contribution < 1.29 is 9.90 Å². The summed E-state index contributed by atoms with van der Waals surface area (Å²) in [6, 6.07) is 5.25. The van der Waals surface area contributed by atoms with Crippen LogP contribution >= 0.6 is 0 Å². The predicted octanol–water partition coefficient (Wildman–Crippen LogP) is 1.48. The lowest BCUT2D eigenvalue weighted by molar-refractivity contribution is 0.0717. The number of fused-ring (bicyclic) bond motifs is 1. The molecule has 1 aliphatic rings. The fraction of sp³-hybridized carbons (Fsp3) is 0.533. The summed E-state index contributed by atoms with van der Waals surface area (Å²) in [5.74, 6) is -0.158. The van der Waals surface area contributed by atoms with Crippen LogP contribution < -0.4 is 5.32 Å². The Kier molecular flexibility index (Phi) is 3.88.